The largest absolute Gasteiger partial charge is 0.416 e. The van der Waals surface area contributed by atoms with Crippen molar-refractivity contribution < 1.29 is 22.5 Å². The molecule has 1 aromatic heterocycles. The van der Waals surface area contributed by atoms with Gasteiger partial charge in [-0.1, -0.05) is 17.3 Å². The van der Waals surface area contributed by atoms with E-state index in [9.17, 15) is 18.0 Å². The summed E-state index contributed by atoms with van der Waals surface area (Å²) in [6, 6.07) is 4.59. The van der Waals surface area contributed by atoms with E-state index in [0.717, 1.165) is 12.1 Å². The summed E-state index contributed by atoms with van der Waals surface area (Å²) in [6.45, 7) is 0. The molecule has 5 nitrogen and oxygen atoms in total. The second-order valence-electron chi connectivity index (χ2n) is 4.06. The topological polar surface area (TPSA) is 82.0 Å². The number of aryl methyl sites for hydroxylation is 1. The number of alkyl halides is 3. The number of carbonyl (C=O) groups is 1. The lowest BCUT2D eigenvalue weighted by Gasteiger charge is -2.06. The van der Waals surface area contributed by atoms with E-state index in [4.69, 9.17) is 10.3 Å². The van der Waals surface area contributed by atoms with Crippen molar-refractivity contribution in [3.8, 4) is 11.4 Å². The second kappa shape index (κ2) is 5.32. The highest BCUT2D eigenvalue weighted by molar-refractivity contribution is 5.73. The van der Waals surface area contributed by atoms with E-state index in [1.54, 1.807) is 0 Å². The van der Waals surface area contributed by atoms with Crippen molar-refractivity contribution in [1.82, 2.24) is 10.1 Å². The lowest BCUT2D eigenvalue weighted by molar-refractivity contribution is -0.137. The van der Waals surface area contributed by atoms with E-state index >= 15 is 0 Å². The Hall–Kier alpha value is -2.38. The molecule has 0 saturated carbocycles. The average Bonchev–Trinajstić information content (AvgIpc) is 2.84. The van der Waals surface area contributed by atoms with Gasteiger partial charge >= 0.3 is 6.18 Å². The number of carbonyl (C=O) groups excluding carboxylic acids is 1. The van der Waals surface area contributed by atoms with Crippen molar-refractivity contribution in [1.29, 1.82) is 0 Å². The first-order chi connectivity index (χ1) is 9.36. The predicted octanol–water partition coefficient (Wildman–Crippen LogP) is 2.17. The van der Waals surface area contributed by atoms with Crippen LogP contribution in [0.2, 0.25) is 0 Å². The molecule has 1 heterocycles. The smallest absolute Gasteiger partial charge is 0.370 e. The van der Waals surface area contributed by atoms with Crippen LogP contribution in [0.4, 0.5) is 13.2 Å². The molecular formula is C12H10F3N3O2. The normalized spacial score (nSPS) is 11.6. The molecule has 2 aromatic rings. The van der Waals surface area contributed by atoms with Crippen LogP contribution in [0.1, 0.15) is 17.9 Å². The zero-order valence-corrected chi connectivity index (χ0v) is 10.1. The lowest BCUT2D eigenvalue weighted by Crippen LogP contribution is -2.11. The molecule has 8 heteroatoms. The fourth-order valence-corrected chi connectivity index (χ4v) is 1.54. The Kier molecular flexibility index (Phi) is 3.73. The molecule has 0 aliphatic heterocycles. The third kappa shape index (κ3) is 3.34. The average molecular weight is 285 g/mol. The summed E-state index contributed by atoms with van der Waals surface area (Å²) >= 11 is 0. The Morgan fingerprint density at radius 1 is 1.35 bits per heavy atom. The van der Waals surface area contributed by atoms with Gasteiger partial charge in [-0.3, -0.25) is 4.79 Å². The SMILES string of the molecule is NC(=O)CCc1nc(-c2cccc(C(F)(F)F)c2)no1. The minimum atomic E-state index is -4.44. The van der Waals surface area contributed by atoms with Crippen LogP contribution in [0.15, 0.2) is 28.8 Å². The summed E-state index contributed by atoms with van der Waals surface area (Å²) in [5.41, 5.74) is 4.37. The summed E-state index contributed by atoms with van der Waals surface area (Å²) in [4.78, 5) is 14.5. The Morgan fingerprint density at radius 2 is 2.10 bits per heavy atom. The molecule has 0 aliphatic carbocycles. The Bertz CT molecular complexity index is 622. The molecule has 0 unspecified atom stereocenters. The zero-order chi connectivity index (χ0) is 14.8. The number of primary amides is 1. The minimum absolute atomic E-state index is 0.0320. The van der Waals surface area contributed by atoms with Crippen molar-refractivity contribution in [3.05, 3.63) is 35.7 Å². The van der Waals surface area contributed by atoms with Gasteiger partial charge in [0.1, 0.15) is 0 Å². The highest BCUT2D eigenvalue weighted by Gasteiger charge is 2.30. The summed E-state index contributed by atoms with van der Waals surface area (Å²) in [6.07, 6.45) is -4.25. The fourth-order valence-electron chi connectivity index (χ4n) is 1.54. The van der Waals surface area contributed by atoms with Crippen LogP contribution in [-0.4, -0.2) is 16.0 Å². The van der Waals surface area contributed by atoms with Gasteiger partial charge in [-0.05, 0) is 12.1 Å². The van der Waals surface area contributed by atoms with Crippen molar-refractivity contribution in [2.75, 3.05) is 0 Å². The van der Waals surface area contributed by atoms with Gasteiger partial charge in [0.25, 0.3) is 0 Å². The van der Waals surface area contributed by atoms with Crippen LogP contribution in [0.25, 0.3) is 11.4 Å². The summed E-state index contributed by atoms with van der Waals surface area (Å²) in [5, 5.41) is 3.58. The minimum Gasteiger partial charge on any atom is -0.370 e. The maximum Gasteiger partial charge on any atom is 0.416 e. The van der Waals surface area contributed by atoms with Gasteiger partial charge in [0.05, 0.1) is 5.56 Å². The first-order valence-corrected chi connectivity index (χ1v) is 5.65. The Labute approximate surface area is 111 Å². The fraction of sp³-hybridized carbons (Fsp3) is 0.250. The molecule has 0 aliphatic rings. The summed E-state index contributed by atoms with van der Waals surface area (Å²) in [7, 11) is 0. The number of benzene rings is 1. The number of nitrogens with two attached hydrogens (primary N) is 1. The molecule has 1 aromatic carbocycles. The number of aromatic nitrogens is 2. The third-order valence-electron chi connectivity index (χ3n) is 2.50. The highest BCUT2D eigenvalue weighted by Crippen LogP contribution is 2.31. The van der Waals surface area contributed by atoms with E-state index in [1.807, 2.05) is 0 Å². The molecule has 0 saturated heterocycles. The quantitative estimate of drug-likeness (QED) is 0.933. The van der Waals surface area contributed by atoms with Crippen LogP contribution in [0.5, 0.6) is 0 Å². The first-order valence-electron chi connectivity index (χ1n) is 5.65. The van der Waals surface area contributed by atoms with Crippen LogP contribution in [0, 0.1) is 0 Å². The number of nitrogens with zero attached hydrogens (tertiary/aromatic N) is 2. The zero-order valence-electron chi connectivity index (χ0n) is 10.1. The first kappa shape index (κ1) is 14.0. The predicted molar refractivity (Wildman–Crippen MR) is 62.3 cm³/mol. The highest BCUT2D eigenvalue weighted by atomic mass is 19.4. The Morgan fingerprint density at radius 3 is 2.75 bits per heavy atom. The number of rotatable bonds is 4. The Balaban J connectivity index is 2.22. The third-order valence-corrected chi connectivity index (χ3v) is 2.50. The van der Waals surface area contributed by atoms with Crippen molar-refractivity contribution in [2.24, 2.45) is 5.73 Å². The molecule has 0 spiro atoms. The van der Waals surface area contributed by atoms with Crippen molar-refractivity contribution in [2.45, 2.75) is 19.0 Å². The molecule has 0 bridgehead atoms. The molecule has 2 rings (SSSR count). The maximum atomic E-state index is 12.6. The molecule has 2 N–H and O–H groups in total. The van der Waals surface area contributed by atoms with Crippen molar-refractivity contribution in [3.63, 3.8) is 0 Å². The van der Waals surface area contributed by atoms with E-state index in [2.05, 4.69) is 10.1 Å². The van der Waals surface area contributed by atoms with E-state index in [1.165, 1.54) is 12.1 Å². The van der Waals surface area contributed by atoms with Crippen LogP contribution < -0.4 is 5.73 Å². The van der Waals surface area contributed by atoms with Gasteiger partial charge in [0.15, 0.2) is 0 Å². The molecule has 0 atom stereocenters. The van der Waals surface area contributed by atoms with Gasteiger partial charge in [-0.15, -0.1) is 0 Å². The maximum absolute atomic E-state index is 12.6. The van der Waals surface area contributed by atoms with Crippen molar-refractivity contribution >= 4 is 5.91 Å². The van der Waals surface area contributed by atoms with E-state index < -0.39 is 17.6 Å². The summed E-state index contributed by atoms with van der Waals surface area (Å²) < 4.78 is 42.6. The number of halogens is 3. The van der Waals surface area contributed by atoms with Gasteiger partial charge in [-0.2, -0.15) is 18.2 Å². The summed E-state index contributed by atoms with van der Waals surface area (Å²) in [5.74, 6) is -0.337. The second-order valence-corrected chi connectivity index (χ2v) is 4.06. The lowest BCUT2D eigenvalue weighted by atomic mass is 10.1. The van der Waals surface area contributed by atoms with Gasteiger partial charge in [0, 0.05) is 18.4 Å². The standard InChI is InChI=1S/C12H10F3N3O2/c13-12(14,15)8-3-1-2-7(6-8)11-17-10(20-18-11)5-4-9(16)19/h1-3,6H,4-5H2,(H2,16,19). The van der Waals surface area contributed by atoms with E-state index in [-0.39, 0.29) is 30.1 Å². The van der Waals surface area contributed by atoms with Gasteiger partial charge in [0.2, 0.25) is 17.6 Å². The van der Waals surface area contributed by atoms with Crippen LogP contribution in [-0.2, 0) is 17.4 Å². The van der Waals surface area contributed by atoms with Gasteiger partial charge in [-0.25, -0.2) is 0 Å². The molecule has 106 valence electrons. The molecular weight excluding hydrogens is 275 g/mol. The van der Waals surface area contributed by atoms with Crippen LogP contribution >= 0.6 is 0 Å². The molecule has 20 heavy (non-hydrogen) atoms. The van der Waals surface area contributed by atoms with Crippen LogP contribution in [0.3, 0.4) is 0 Å². The number of amides is 1. The monoisotopic (exact) mass is 285 g/mol. The molecule has 0 fully saturated rings. The number of hydrogen-bond acceptors (Lipinski definition) is 4. The molecule has 1 amide bonds. The number of hydrogen-bond donors (Lipinski definition) is 1. The van der Waals surface area contributed by atoms with E-state index in [0.29, 0.717) is 0 Å². The van der Waals surface area contributed by atoms with Gasteiger partial charge < -0.3 is 10.3 Å². The molecule has 0 radical (unpaired) electrons.